The summed E-state index contributed by atoms with van der Waals surface area (Å²) in [5.74, 6) is 0.693. The van der Waals surface area contributed by atoms with E-state index in [9.17, 15) is 0 Å². The molecule has 100 valence electrons. The molecule has 0 bridgehead atoms. The zero-order valence-corrected chi connectivity index (χ0v) is 11.8. The number of ether oxygens (including phenoxy) is 3. The zero-order chi connectivity index (χ0) is 12.1. The molecular weight excluding hydrogens is 247 g/mol. The highest BCUT2D eigenvalue weighted by molar-refractivity contribution is 7.22. The van der Waals surface area contributed by atoms with Crippen molar-refractivity contribution in [1.82, 2.24) is 0 Å². The van der Waals surface area contributed by atoms with Gasteiger partial charge >= 0.3 is 0 Å². The maximum atomic E-state index is 5.99. The minimum absolute atomic E-state index is 0.503. The summed E-state index contributed by atoms with van der Waals surface area (Å²) in [4.78, 5) is 0. The molecule has 0 aromatic heterocycles. The van der Waals surface area contributed by atoms with E-state index in [1.807, 2.05) is 0 Å². The molecule has 4 fully saturated rings. The lowest BCUT2D eigenvalue weighted by Gasteiger charge is -2.21. The van der Waals surface area contributed by atoms with Crippen LogP contribution in [0.5, 0.6) is 0 Å². The van der Waals surface area contributed by atoms with Crippen molar-refractivity contribution in [3.63, 3.8) is 0 Å². The van der Waals surface area contributed by atoms with Crippen LogP contribution in [0, 0.1) is 5.92 Å². The van der Waals surface area contributed by atoms with Gasteiger partial charge < -0.3 is 14.2 Å². The van der Waals surface area contributed by atoms with Crippen molar-refractivity contribution in [2.45, 2.75) is 62.9 Å². The van der Waals surface area contributed by atoms with Gasteiger partial charge in [-0.1, -0.05) is 9.24 Å². The molecule has 4 aliphatic rings. The maximum Gasteiger partial charge on any atom is 0.111 e. The first kappa shape index (κ1) is 11.7. The third-order valence-corrected chi connectivity index (χ3v) is 5.38. The van der Waals surface area contributed by atoms with Gasteiger partial charge in [0.25, 0.3) is 0 Å². The van der Waals surface area contributed by atoms with Gasteiger partial charge in [-0.2, -0.15) is 0 Å². The third-order valence-electron chi connectivity index (χ3n) is 4.80. The van der Waals surface area contributed by atoms with Crippen LogP contribution in [0.25, 0.3) is 0 Å². The van der Waals surface area contributed by atoms with E-state index in [2.05, 4.69) is 9.24 Å². The summed E-state index contributed by atoms with van der Waals surface area (Å²) in [6.07, 6.45) is 9.34. The van der Waals surface area contributed by atoms with Gasteiger partial charge in [-0.15, -0.1) is 0 Å². The highest BCUT2D eigenvalue weighted by atomic mass is 31.0. The first-order valence-corrected chi connectivity index (χ1v) is 7.78. The van der Waals surface area contributed by atoms with Crippen LogP contribution in [0.15, 0.2) is 11.1 Å². The van der Waals surface area contributed by atoms with E-state index in [1.54, 1.807) is 0 Å². The Morgan fingerprint density at radius 1 is 1.11 bits per heavy atom. The SMILES string of the molecule is PC(OCC1CCC2OC2C1)=C1CCC2OC2C1. The molecule has 2 saturated heterocycles. The van der Waals surface area contributed by atoms with Gasteiger partial charge in [0.1, 0.15) is 5.50 Å². The molecule has 18 heavy (non-hydrogen) atoms. The van der Waals surface area contributed by atoms with E-state index < -0.39 is 0 Å². The van der Waals surface area contributed by atoms with Gasteiger partial charge in [-0.05, 0) is 43.6 Å². The molecule has 2 saturated carbocycles. The van der Waals surface area contributed by atoms with E-state index >= 15 is 0 Å². The summed E-state index contributed by atoms with van der Waals surface area (Å²) < 4.78 is 17.1. The Morgan fingerprint density at radius 2 is 1.94 bits per heavy atom. The summed E-state index contributed by atoms with van der Waals surface area (Å²) in [5, 5.41) is 0. The second kappa shape index (κ2) is 4.47. The second-order valence-corrected chi connectivity index (χ2v) is 6.65. The van der Waals surface area contributed by atoms with Crippen LogP contribution in [-0.2, 0) is 14.2 Å². The Labute approximate surface area is 110 Å². The van der Waals surface area contributed by atoms with Crippen molar-refractivity contribution < 1.29 is 14.2 Å². The fraction of sp³-hybridized carbons (Fsp3) is 0.857. The molecule has 0 aromatic carbocycles. The van der Waals surface area contributed by atoms with Crippen LogP contribution in [0.2, 0.25) is 0 Å². The van der Waals surface area contributed by atoms with Crippen LogP contribution >= 0.6 is 9.24 Å². The number of rotatable bonds is 3. The van der Waals surface area contributed by atoms with E-state index in [0.29, 0.717) is 30.3 Å². The van der Waals surface area contributed by atoms with Crippen LogP contribution in [0.4, 0.5) is 0 Å². The summed E-state index contributed by atoms with van der Waals surface area (Å²) >= 11 is 0. The Kier molecular flexibility index (Phi) is 2.90. The van der Waals surface area contributed by atoms with E-state index in [0.717, 1.165) is 24.9 Å². The van der Waals surface area contributed by atoms with Gasteiger partial charge in [-0.25, -0.2) is 0 Å². The summed E-state index contributed by atoms with van der Waals surface area (Å²) in [5.41, 5.74) is 2.54. The van der Waals surface area contributed by atoms with Crippen LogP contribution in [0.3, 0.4) is 0 Å². The van der Waals surface area contributed by atoms with Crippen LogP contribution < -0.4 is 0 Å². The van der Waals surface area contributed by atoms with Crippen LogP contribution in [-0.4, -0.2) is 31.0 Å². The van der Waals surface area contributed by atoms with Crippen molar-refractivity contribution in [2.24, 2.45) is 5.92 Å². The number of epoxide rings is 2. The average Bonchev–Trinajstić information content (AvgIpc) is 3.26. The van der Waals surface area contributed by atoms with E-state index in [1.165, 1.54) is 31.3 Å². The molecule has 6 unspecified atom stereocenters. The summed E-state index contributed by atoms with van der Waals surface area (Å²) in [7, 11) is 2.79. The van der Waals surface area contributed by atoms with Gasteiger partial charge in [-0.3, -0.25) is 0 Å². The largest absolute Gasteiger partial charge is 0.494 e. The predicted molar refractivity (Wildman–Crippen MR) is 71.2 cm³/mol. The molecule has 0 spiro atoms. The lowest BCUT2D eigenvalue weighted by molar-refractivity contribution is 0.161. The quantitative estimate of drug-likeness (QED) is 0.448. The molecule has 2 aliphatic carbocycles. The van der Waals surface area contributed by atoms with Crippen molar-refractivity contribution in [3.8, 4) is 0 Å². The fourth-order valence-corrected chi connectivity index (χ4v) is 3.80. The summed E-state index contributed by atoms with van der Waals surface area (Å²) in [6.45, 7) is 0.865. The highest BCUT2D eigenvalue weighted by Crippen LogP contribution is 2.42. The number of fused-ring (bicyclic) bond motifs is 2. The lowest BCUT2D eigenvalue weighted by Crippen LogP contribution is -2.18. The molecule has 4 heteroatoms. The molecular formula is C14H21O3P. The predicted octanol–water partition coefficient (Wildman–Crippen LogP) is 2.61. The molecule has 2 aliphatic heterocycles. The maximum absolute atomic E-state index is 5.99. The molecule has 4 rings (SSSR count). The standard InChI is InChI=1S/C14H21O3P/c18-14(9-2-4-11-13(6-9)17-11)15-7-8-1-3-10-12(5-8)16-10/h8,10-13H,1-7,18H2. The Balaban J connectivity index is 1.29. The van der Waals surface area contributed by atoms with E-state index in [-0.39, 0.29) is 0 Å². The Hall–Kier alpha value is -0.110. The van der Waals surface area contributed by atoms with Crippen molar-refractivity contribution in [1.29, 1.82) is 0 Å². The third kappa shape index (κ3) is 2.33. The first-order chi connectivity index (χ1) is 8.79. The molecule has 0 radical (unpaired) electrons. The normalized spacial score (nSPS) is 47.9. The summed E-state index contributed by atoms with van der Waals surface area (Å²) in [6, 6.07) is 0. The van der Waals surface area contributed by atoms with Gasteiger partial charge in [0.15, 0.2) is 0 Å². The van der Waals surface area contributed by atoms with E-state index in [4.69, 9.17) is 14.2 Å². The molecule has 6 atom stereocenters. The molecule has 0 N–H and O–H groups in total. The van der Waals surface area contributed by atoms with Crippen molar-refractivity contribution in [2.75, 3.05) is 6.61 Å². The molecule has 2 heterocycles. The minimum Gasteiger partial charge on any atom is -0.494 e. The molecule has 0 amide bonds. The molecule has 3 nitrogen and oxygen atoms in total. The van der Waals surface area contributed by atoms with Crippen molar-refractivity contribution >= 4 is 9.24 Å². The zero-order valence-electron chi connectivity index (χ0n) is 10.6. The second-order valence-electron chi connectivity index (χ2n) is 6.13. The fourth-order valence-electron chi connectivity index (χ4n) is 3.45. The smallest absolute Gasteiger partial charge is 0.111 e. The number of hydrogen-bond donors (Lipinski definition) is 0. The highest BCUT2D eigenvalue weighted by Gasteiger charge is 2.44. The number of hydrogen-bond acceptors (Lipinski definition) is 3. The first-order valence-electron chi connectivity index (χ1n) is 7.21. The van der Waals surface area contributed by atoms with Gasteiger partial charge in [0, 0.05) is 6.42 Å². The van der Waals surface area contributed by atoms with Gasteiger partial charge in [0.2, 0.25) is 0 Å². The van der Waals surface area contributed by atoms with Gasteiger partial charge in [0.05, 0.1) is 31.0 Å². The Morgan fingerprint density at radius 3 is 2.78 bits per heavy atom. The minimum atomic E-state index is 0.503. The monoisotopic (exact) mass is 268 g/mol. The topological polar surface area (TPSA) is 34.3 Å². The lowest BCUT2D eigenvalue weighted by atomic mass is 9.90. The van der Waals surface area contributed by atoms with Crippen LogP contribution in [0.1, 0.15) is 38.5 Å². The Bertz CT molecular complexity index is 381. The average molecular weight is 268 g/mol. The molecule has 0 aromatic rings. The van der Waals surface area contributed by atoms with Crippen molar-refractivity contribution in [3.05, 3.63) is 11.1 Å².